The largest absolute Gasteiger partial charge is 0.323 e. The molecule has 1 rings (SSSR count). The van der Waals surface area contributed by atoms with E-state index in [4.69, 9.17) is 5.73 Å². The summed E-state index contributed by atoms with van der Waals surface area (Å²) < 4.78 is 3.95. The Hall–Kier alpha value is -0.480. The zero-order valence-electron chi connectivity index (χ0n) is 9.16. The highest BCUT2D eigenvalue weighted by atomic mass is 32.1. The molecule has 0 aliphatic rings. The molecule has 4 heteroatoms. The van der Waals surface area contributed by atoms with Gasteiger partial charge >= 0.3 is 0 Å². The van der Waals surface area contributed by atoms with Crippen molar-refractivity contribution in [2.24, 2.45) is 11.7 Å². The lowest BCUT2D eigenvalue weighted by Crippen LogP contribution is -2.11. The molecule has 0 aliphatic heterocycles. The van der Waals surface area contributed by atoms with Gasteiger partial charge in [-0.05, 0) is 36.7 Å². The van der Waals surface area contributed by atoms with Crippen molar-refractivity contribution in [1.82, 2.24) is 9.59 Å². The summed E-state index contributed by atoms with van der Waals surface area (Å²) in [6.07, 6.45) is 3.14. The van der Waals surface area contributed by atoms with Crippen LogP contribution in [-0.4, -0.2) is 9.59 Å². The molecule has 0 saturated carbocycles. The first-order valence-electron chi connectivity index (χ1n) is 5.21. The fraction of sp³-hybridized carbons (Fsp3) is 0.800. The van der Waals surface area contributed by atoms with E-state index in [-0.39, 0.29) is 6.04 Å². The van der Waals surface area contributed by atoms with Gasteiger partial charge in [-0.15, -0.1) is 5.10 Å². The van der Waals surface area contributed by atoms with Crippen molar-refractivity contribution in [2.75, 3.05) is 0 Å². The van der Waals surface area contributed by atoms with Crippen LogP contribution >= 0.6 is 11.5 Å². The van der Waals surface area contributed by atoms with Crippen molar-refractivity contribution in [3.05, 3.63) is 10.6 Å². The highest BCUT2D eigenvalue weighted by Gasteiger charge is 2.14. The predicted octanol–water partition coefficient (Wildman–Crippen LogP) is 2.54. The molecule has 0 fully saturated rings. The topological polar surface area (TPSA) is 51.8 Å². The van der Waals surface area contributed by atoms with E-state index in [1.807, 2.05) is 0 Å². The van der Waals surface area contributed by atoms with Crippen LogP contribution < -0.4 is 5.73 Å². The Morgan fingerprint density at radius 1 is 1.36 bits per heavy atom. The molecule has 2 N–H and O–H groups in total. The zero-order valence-corrected chi connectivity index (χ0v) is 9.97. The third kappa shape index (κ3) is 3.03. The number of hydrogen-bond acceptors (Lipinski definition) is 4. The molecule has 0 aliphatic carbocycles. The maximum Gasteiger partial charge on any atom is 0.0800 e. The van der Waals surface area contributed by atoms with Gasteiger partial charge < -0.3 is 5.73 Å². The van der Waals surface area contributed by atoms with Crippen molar-refractivity contribution >= 4 is 11.5 Å². The number of rotatable bonds is 5. The van der Waals surface area contributed by atoms with Crippen LogP contribution in [0.2, 0.25) is 0 Å². The van der Waals surface area contributed by atoms with Gasteiger partial charge in [0.25, 0.3) is 0 Å². The maximum atomic E-state index is 6.09. The minimum atomic E-state index is 0.132. The fourth-order valence-electron chi connectivity index (χ4n) is 1.39. The summed E-state index contributed by atoms with van der Waals surface area (Å²) in [6, 6.07) is 0.132. The number of nitrogens with two attached hydrogens (primary N) is 1. The Balaban J connectivity index is 2.55. The predicted molar refractivity (Wildman–Crippen MR) is 60.3 cm³/mol. The van der Waals surface area contributed by atoms with Gasteiger partial charge in [0.15, 0.2) is 0 Å². The van der Waals surface area contributed by atoms with Gasteiger partial charge in [-0.1, -0.05) is 25.3 Å². The Morgan fingerprint density at radius 2 is 2.07 bits per heavy atom. The number of hydrogen-bond donors (Lipinski definition) is 1. The van der Waals surface area contributed by atoms with E-state index in [1.54, 1.807) is 0 Å². The van der Waals surface area contributed by atoms with Gasteiger partial charge in [-0.2, -0.15) is 0 Å². The van der Waals surface area contributed by atoms with Crippen LogP contribution in [0.4, 0.5) is 0 Å². The van der Waals surface area contributed by atoms with Gasteiger partial charge in [-0.3, -0.25) is 0 Å². The molecule has 0 saturated heterocycles. The fourth-order valence-corrected chi connectivity index (χ4v) is 2.16. The third-order valence-corrected chi connectivity index (χ3v) is 3.21. The molecule has 0 radical (unpaired) electrons. The quantitative estimate of drug-likeness (QED) is 0.817. The molecule has 3 nitrogen and oxygen atoms in total. The third-order valence-electron chi connectivity index (χ3n) is 2.31. The Kier molecular flexibility index (Phi) is 4.48. The van der Waals surface area contributed by atoms with Crippen LogP contribution in [0.15, 0.2) is 0 Å². The standard InChI is InChI=1S/C10H19N3S/c1-4-9-10(14-13-12-9)8(11)6-5-7(2)3/h7-8H,4-6,11H2,1-3H3. The average molecular weight is 213 g/mol. The lowest BCUT2D eigenvalue weighted by atomic mass is 10.0. The Labute approximate surface area is 89.9 Å². The summed E-state index contributed by atoms with van der Waals surface area (Å²) in [6.45, 7) is 6.53. The van der Waals surface area contributed by atoms with Gasteiger partial charge in [0, 0.05) is 6.04 Å². The summed E-state index contributed by atoms with van der Waals surface area (Å²) in [5, 5.41) is 4.07. The second-order valence-corrected chi connectivity index (χ2v) is 4.80. The first kappa shape index (κ1) is 11.6. The molecule has 1 unspecified atom stereocenters. The molecule has 0 bridgehead atoms. The molecular weight excluding hydrogens is 194 g/mol. The SMILES string of the molecule is CCc1nnsc1C(N)CCC(C)C. The molecule has 0 amide bonds. The van der Waals surface area contributed by atoms with Crippen molar-refractivity contribution < 1.29 is 0 Å². The smallest absolute Gasteiger partial charge is 0.0800 e. The van der Waals surface area contributed by atoms with Crippen molar-refractivity contribution in [3.8, 4) is 0 Å². The van der Waals surface area contributed by atoms with E-state index in [2.05, 4.69) is 30.4 Å². The summed E-state index contributed by atoms with van der Waals surface area (Å²) in [4.78, 5) is 1.17. The van der Waals surface area contributed by atoms with Crippen LogP contribution in [0, 0.1) is 5.92 Å². The van der Waals surface area contributed by atoms with E-state index in [9.17, 15) is 0 Å². The molecule has 1 heterocycles. The van der Waals surface area contributed by atoms with Crippen molar-refractivity contribution in [2.45, 2.75) is 46.1 Å². The summed E-state index contributed by atoms with van der Waals surface area (Å²) in [5.74, 6) is 0.715. The van der Waals surface area contributed by atoms with Crippen molar-refractivity contribution in [3.63, 3.8) is 0 Å². The average Bonchev–Trinajstić information content (AvgIpc) is 2.61. The second kappa shape index (κ2) is 5.41. The lowest BCUT2D eigenvalue weighted by Gasteiger charge is -2.11. The minimum Gasteiger partial charge on any atom is -0.323 e. The minimum absolute atomic E-state index is 0.132. The summed E-state index contributed by atoms with van der Waals surface area (Å²) in [7, 11) is 0. The molecule has 14 heavy (non-hydrogen) atoms. The monoisotopic (exact) mass is 213 g/mol. The maximum absolute atomic E-state index is 6.09. The lowest BCUT2D eigenvalue weighted by molar-refractivity contribution is 0.509. The van der Waals surface area contributed by atoms with Crippen LogP contribution in [0.1, 0.15) is 50.2 Å². The number of aryl methyl sites for hydroxylation is 1. The normalized spacial score (nSPS) is 13.5. The second-order valence-electron chi connectivity index (χ2n) is 4.02. The molecule has 1 atom stereocenters. The van der Waals surface area contributed by atoms with E-state index < -0.39 is 0 Å². The van der Waals surface area contributed by atoms with Crippen LogP contribution in [0.25, 0.3) is 0 Å². The van der Waals surface area contributed by atoms with Crippen LogP contribution in [0.3, 0.4) is 0 Å². The molecule has 0 aromatic carbocycles. The Morgan fingerprint density at radius 3 is 2.64 bits per heavy atom. The first-order chi connectivity index (χ1) is 6.65. The van der Waals surface area contributed by atoms with Gasteiger partial charge in [0.05, 0.1) is 10.6 Å². The van der Waals surface area contributed by atoms with E-state index in [0.717, 1.165) is 18.5 Å². The van der Waals surface area contributed by atoms with Crippen molar-refractivity contribution in [1.29, 1.82) is 0 Å². The van der Waals surface area contributed by atoms with E-state index in [0.29, 0.717) is 5.92 Å². The zero-order chi connectivity index (χ0) is 10.6. The molecule has 1 aromatic heterocycles. The number of aromatic nitrogens is 2. The molecule has 0 spiro atoms. The summed E-state index contributed by atoms with van der Waals surface area (Å²) >= 11 is 1.45. The van der Waals surface area contributed by atoms with Gasteiger partial charge in [0.1, 0.15) is 0 Å². The van der Waals surface area contributed by atoms with Crippen LogP contribution in [0.5, 0.6) is 0 Å². The van der Waals surface area contributed by atoms with Crippen LogP contribution in [-0.2, 0) is 6.42 Å². The van der Waals surface area contributed by atoms with Gasteiger partial charge in [0.2, 0.25) is 0 Å². The van der Waals surface area contributed by atoms with Gasteiger partial charge in [-0.25, -0.2) is 0 Å². The van der Waals surface area contributed by atoms with E-state index >= 15 is 0 Å². The number of nitrogens with zero attached hydrogens (tertiary/aromatic N) is 2. The first-order valence-corrected chi connectivity index (χ1v) is 5.99. The van der Waals surface area contributed by atoms with E-state index in [1.165, 1.54) is 22.8 Å². The molecule has 1 aromatic rings. The summed E-state index contributed by atoms with van der Waals surface area (Å²) in [5.41, 5.74) is 7.17. The Bertz CT molecular complexity index is 270. The molecular formula is C10H19N3S. The molecule has 80 valence electrons. The highest BCUT2D eigenvalue weighted by molar-refractivity contribution is 7.05. The highest BCUT2D eigenvalue weighted by Crippen LogP contribution is 2.23.